The summed E-state index contributed by atoms with van der Waals surface area (Å²) in [7, 11) is 0. The minimum atomic E-state index is -0.0945. The maximum absolute atomic E-state index is 5.86. The molecular weight excluding hydrogens is 254 g/mol. The number of hydrogen-bond donors (Lipinski definition) is 1. The predicted octanol–water partition coefficient (Wildman–Crippen LogP) is 2.52. The van der Waals surface area contributed by atoms with Crippen LogP contribution in [0.2, 0.25) is 0 Å². The molecule has 3 rings (SSSR count). The van der Waals surface area contributed by atoms with E-state index < -0.39 is 0 Å². The third-order valence-corrected chi connectivity index (χ3v) is 3.98. The van der Waals surface area contributed by atoms with Crippen LogP contribution in [0.5, 0.6) is 5.75 Å². The molecular formula is C15H19N3O2. The summed E-state index contributed by atoms with van der Waals surface area (Å²) < 4.78 is 10.9. The Morgan fingerprint density at radius 3 is 2.90 bits per heavy atom. The van der Waals surface area contributed by atoms with Gasteiger partial charge < -0.3 is 15.0 Å². The summed E-state index contributed by atoms with van der Waals surface area (Å²) >= 11 is 0. The van der Waals surface area contributed by atoms with Crippen molar-refractivity contribution in [3.8, 4) is 17.1 Å². The van der Waals surface area contributed by atoms with Gasteiger partial charge in [-0.2, -0.15) is 4.98 Å². The van der Waals surface area contributed by atoms with Crippen molar-refractivity contribution in [3.05, 3.63) is 30.2 Å². The first kappa shape index (κ1) is 13.1. The summed E-state index contributed by atoms with van der Waals surface area (Å²) in [6.07, 6.45) is 3.24. The van der Waals surface area contributed by atoms with Crippen molar-refractivity contribution in [2.45, 2.75) is 31.6 Å². The van der Waals surface area contributed by atoms with Crippen LogP contribution in [0.25, 0.3) is 11.4 Å². The Labute approximate surface area is 118 Å². The zero-order valence-electron chi connectivity index (χ0n) is 11.6. The van der Waals surface area contributed by atoms with Gasteiger partial charge >= 0.3 is 0 Å². The van der Waals surface area contributed by atoms with Crippen molar-refractivity contribution in [1.29, 1.82) is 0 Å². The maximum Gasteiger partial charge on any atom is 0.234 e. The average Bonchev–Trinajstić information content (AvgIpc) is 2.89. The van der Waals surface area contributed by atoms with E-state index in [1.807, 2.05) is 31.2 Å². The summed E-state index contributed by atoms with van der Waals surface area (Å²) in [5.41, 5.74) is 6.67. The number of nitrogens with two attached hydrogens (primary N) is 1. The molecule has 5 heteroatoms. The number of benzene rings is 1. The van der Waals surface area contributed by atoms with Crippen LogP contribution in [-0.4, -0.2) is 23.3 Å². The van der Waals surface area contributed by atoms with Crippen LogP contribution in [0, 0.1) is 0 Å². The summed E-state index contributed by atoms with van der Waals surface area (Å²) in [5, 5.41) is 4.09. The Kier molecular flexibility index (Phi) is 3.44. The standard InChI is InChI=1S/C15H19N3O2/c1-2-19-12-6-3-5-11(9-12)13-17-14(20-18-13)15(10-16)7-4-8-15/h3,5-6,9H,2,4,7-8,10,16H2,1H3. The second-order valence-corrected chi connectivity index (χ2v) is 5.22. The molecule has 0 atom stereocenters. The molecule has 0 saturated heterocycles. The number of nitrogens with zero attached hydrogens (tertiary/aromatic N) is 2. The lowest BCUT2D eigenvalue weighted by Gasteiger charge is -2.36. The topological polar surface area (TPSA) is 74.2 Å². The molecule has 2 aromatic rings. The van der Waals surface area contributed by atoms with Gasteiger partial charge in [0.15, 0.2) is 0 Å². The molecule has 5 nitrogen and oxygen atoms in total. The highest BCUT2D eigenvalue weighted by atomic mass is 16.5. The van der Waals surface area contributed by atoms with Crippen LogP contribution in [0.3, 0.4) is 0 Å². The van der Waals surface area contributed by atoms with Gasteiger partial charge in [0.05, 0.1) is 12.0 Å². The first-order valence-corrected chi connectivity index (χ1v) is 7.05. The zero-order chi connectivity index (χ0) is 14.0. The van der Waals surface area contributed by atoms with Gasteiger partial charge in [0, 0.05) is 12.1 Å². The molecule has 0 amide bonds. The SMILES string of the molecule is CCOc1cccc(-c2noc(C3(CN)CCC3)n2)c1. The summed E-state index contributed by atoms with van der Waals surface area (Å²) in [6.45, 7) is 3.16. The van der Waals surface area contributed by atoms with Crippen molar-refractivity contribution >= 4 is 0 Å². The van der Waals surface area contributed by atoms with E-state index in [-0.39, 0.29) is 5.41 Å². The Hall–Kier alpha value is -1.88. The van der Waals surface area contributed by atoms with Gasteiger partial charge in [-0.05, 0) is 31.9 Å². The molecule has 1 heterocycles. The number of hydrogen-bond acceptors (Lipinski definition) is 5. The fourth-order valence-corrected chi connectivity index (χ4v) is 2.56. The molecule has 1 aliphatic carbocycles. The summed E-state index contributed by atoms with van der Waals surface area (Å²) in [5.74, 6) is 2.08. The molecule has 1 fully saturated rings. The van der Waals surface area contributed by atoms with Crippen molar-refractivity contribution in [2.24, 2.45) is 5.73 Å². The lowest BCUT2D eigenvalue weighted by atomic mass is 9.69. The van der Waals surface area contributed by atoms with E-state index in [1.54, 1.807) is 0 Å². The van der Waals surface area contributed by atoms with E-state index in [4.69, 9.17) is 15.0 Å². The number of ether oxygens (including phenoxy) is 1. The second-order valence-electron chi connectivity index (χ2n) is 5.22. The van der Waals surface area contributed by atoms with Crippen molar-refractivity contribution in [3.63, 3.8) is 0 Å². The van der Waals surface area contributed by atoms with Crippen LogP contribution in [-0.2, 0) is 5.41 Å². The second kappa shape index (κ2) is 5.25. The van der Waals surface area contributed by atoms with E-state index in [0.717, 1.165) is 24.2 Å². The highest BCUT2D eigenvalue weighted by molar-refractivity contribution is 5.57. The quantitative estimate of drug-likeness (QED) is 0.906. The normalized spacial score (nSPS) is 16.7. The molecule has 20 heavy (non-hydrogen) atoms. The predicted molar refractivity (Wildman–Crippen MR) is 75.5 cm³/mol. The molecule has 2 N–H and O–H groups in total. The minimum Gasteiger partial charge on any atom is -0.494 e. The molecule has 1 aliphatic rings. The zero-order valence-corrected chi connectivity index (χ0v) is 11.6. The Morgan fingerprint density at radius 2 is 2.25 bits per heavy atom. The van der Waals surface area contributed by atoms with Crippen LogP contribution in [0.15, 0.2) is 28.8 Å². The van der Waals surface area contributed by atoms with E-state index in [2.05, 4.69) is 10.1 Å². The van der Waals surface area contributed by atoms with E-state index in [1.165, 1.54) is 6.42 Å². The van der Waals surface area contributed by atoms with E-state index >= 15 is 0 Å². The van der Waals surface area contributed by atoms with Gasteiger partial charge in [0.1, 0.15) is 5.75 Å². The lowest BCUT2D eigenvalue weighted by Crippen LogP contribution is -2.41. The third-order valence-electron chi connectivity index (χ3n) is 3.98. The van der Waals surface area contributed by atoms with Gasteiger partial charge in [-0.1, -0.05) is 23.7 Å². The lowest BCUT2D eigenvalue weighted by molar-refractivity contribution is 0.182. The maximum atomic E-state index is 5.86. The number of rotatable bonds is 5. The van der Waals surface area contributed by atoms with Crippen molar-refractivity contribution < 1.29 is 9.26 Å². The van der Waals surface area contributed by atoms with Gasteiger partial charge in [-0.15, -0.1) is 0 Å². The highest BCUT2D eigenvalue weighted by Gasteiger charge is 2.42. The highest BCUT2D eigenvalue weighted by Crippen LogP contribution is 2.42. The van der Waals surface area contributed by atoms with Crippen LogP contribution >= 0.6 is 0 Å². The van der Waals surface area contributed by atoms with Crippen molar-refractivity contribution in [1.82, 2.24) is 10.1 Å². The smallest absolute Gasteiger partial charge is 0.234 e. The molecule has 0 unspecified atom stereocenters. The Balaban J connectivity index is 1.88. The van der Waals surface area contributed by atoms with Crippen LogP contribution < -0.4 is 10.5 Å². The molecule has 0 aliphatic heterocycles. The Morgan fingerprint density at radius 1 is 1.40 bits per heavy atom. The molecule has 0 spiro atoms. The monoisotopic (exact) mass is 273 g/mol. The fourth-order valence-electron chi connectivity index (χ4n) is 2.56. The first-order valence-electron chi connectivity index (χ1n) is 7.05. The molecule has 1 aromatic carbocycles. The van der Waals surface area contributed by atoms with E-state index in [9.17, 15) is 0 Å². The summed E-state index contributed by atoms with van der Waals surface area (Å²) in [6, 6.07) is 7.72. The van der Waals surface area contributed by atoms with Gasteiger partial charge in [-0.25, -0.2) is 0 Å². The van der Waals surface area contributed by atoms with Gasteiger partial charge in [0.25, 0.3) is 0 Å². The number of aromatic nitrogens is 2. The molecule has 0 bridgehead atoms. The van der Waals surface area contributed by atoms with Crippen molar-refractivity contribution in [2.75, 3.05) is 13.2 Å². The summed E-state index contributed by atoms with van der Waals surface area (Å²) in [4.78, 5) is 4.53. The van der Waals surface area contributed by atoms with Crippen LogP contribution in [0.4, 0.5) is 0 Å². The average molecular weight is 273 g/mol. The van der Waals surface area contributed by atoms with Gasteiger partial charge in [-0.3, -0.25) is 0 Å². The molecule has 106 valence electrons. The largest absolute Gasteiger partial charge is 0.494 e. The molecule has 0 radical (unpaired) electrons. The minimum absolute atomic E-state index is 0.0945. The van der Waals surface area contributed by atoms with Crippen LogP contribution in [0.1, 0.15) is 32.1 Å². The third kappa shape index (κ3) is 2.18. The molecule has 1 saturated carbocycles. The van der Waals surface area contributed by atoms with Gasteiger partial charge in [0.2, 0.25) is 11.7 Å². The molecule has 1 aromatic heterocycles. The first-order chi connectivity index (χ1) is 9.77. The fraction of sp³-hybridized carbons (Fsp3) is 0.467. The Bertz CT molecular complexity index is 585. The van der Waals surface area contributed by atoms with E-state index in [0.29, 0.717) is 24.9 Å².